The van der Waals surface area contributed by atoms with Gasteiger partial charge in [0, 0.05) is 24.7 Å². The third-order valence-corrected chi connectivity index (χ3v) is 5.14. The first-order valence-corrected chi connectivity index (χ1v) is 9.20. The molecule has 1 aliphatic carbocycles. The molecule has 0 aromatic carbocycles. The van der Waals surface area contributed by atoms with E-state index in [0.29, 0.717) is 30.9 Å². The second-order valence-electron chi connectivity index (χ2n) is 8.08. The number of carbonyl (C=O) groups excluding carboxylic acids is 1. The van der Waals surface area contributed by atoms with E-state index in [1.807, 2.05) is 18.2 Å². The molecule has 4 heteroatoms. The number of ether oxygens (including phenoxy) is 1. The summed E-state index contributed by atoms with van der Waals surface area (Å²) < 4.78 is 5.56. The van der Waals surface area contributed by atoms with E-state index in [4.69, 9.17) is 4.74 Å². The molecular formula is C20H32N2O2. The van der Waals surface area contributed by atoms with Crippen LogP contribution in [0.25, 0.3) is 0 Å². The molecule has 2 rings (SSSR count). The molecule has 1 heterocycles. The van der Waals surface area contributed by atoms with Gasteiger partial charge in [-0.1, -0.05) is 33.8 Å². The molecule has 0 aliphatic heterocycles. The minimum Gasteiger partial charge on any atom is -0.478 e. The number of nitrogens with zero attached hydrogens (tertiary/aromatic N) is 1. The first kappa shape index (κ1) is 18.8. The molecule has 0 spiro atoms. The Morgan fingerprint density at radius 1 is 1.42 bits per heavy atom. The highest BCUT2D eigenvalue weighted by molar-refractivity contribution is 5.79. The number of hydrogen-bond acceptors (Lipinski definition) is 3. The van der Waals surface area contributed by atoms with Crippen molar-refractivity contribution in [2.24, 2.45) is 23.2 Å². The molecule has 24 heavy (non-hydrogen) atoms. The summed E-state index contributed by atoms with van der Waals surface area (Å²) in [7, 11) is 0. The molecule has 0 bridgehead atoms. The van der Waals surface area contributed by atoms with Gasteiger partial charge in [0.15, 0.2) is 0 Å². The van der Waals surface area contributed by atoms with Gasteiger partial charge in [-0.25, -0.2) is 4.98 Å². The zero-order valence-corrected chi connectivity index (χ0v) is 15.5. The van der Waals surface area contributed by atoms with Crippen LogP contribution in [0, 0.1) is 23.2 Å². The molecule has 1 aromatic rings. The van der Waals surface area contributed by atoms with Gasteiger partial charge in [0.2, 0.25) is 11.8 Å². The van der Waals surface area contributed by atoms with Crippen molar-refractivity contribution in [2.45, 2.75) is 53.4 Å². The van der Waals surface area contributed by atoms with Crippen LogP contribution in [0.3, 0.4) is 0 Å². The Balaban J connectivity index is 1.75. The second kappa shape index (κ2) is 8.50. The maximum atomic E-state index is 12.7. The lowest BCUT2D eigenvalue weighted by Crippen LogP contribution is -2.43. The van der Waals surface area contributed by atoms with E-state index >= 15 is 0 Å². The van der Waals surface area contributed by atoms with E-state index in [-0.39, 0.29) is 17.2 Å². The van der Waals surface area contributed by atoms with Crippen molar-refractivity contribution < 1.29 is 9.53 Å². The first-order chi connectivity index (χ1) is 11.4. The minimum atomic E-state index is 0.144. The number of aromatic nitrogens is 1. The first-order valence-electron chi connectivity index (χ1n) is 9.20. The molecule has 0 saturated heterocycles. The van der Waals surface area contributed by atoms with Crippen molar-refractivity contribution in [1.29, 1.82) is 0 Å². The van der Waals surface area contributed by atoms with E-state index < -0.39 is 0 Å². The van der Waals surface area contributed by atoms with Crippen LogP contribution in [-0.2, 0) is 4.79 Å². The van der Waals surface area contributed by atoms with Gasteiger partial charge >= 0.3 is 0 Å². The molecule has 4 nitrogen and oxygen atoms in total. The van der Waals surface area contributed by atoms with Crippen molar-refractivity contribution in [1.82, 2.24) is 10.3 Å². The topological polar surface area (TPSA) is 51.2 Å². The van der Waals surface area contributed by atoms with Crippen molar-refractivity contribution in [3.05, 3.63) is 24.4 Å². The number of hydrogen-bond donors (Lipinski definition) is 1. The fourth-order valence-electron chi connectivity index (χ4n) is 3.72. The molecule has 1 saturated carbocycles. The Bertz CT molecular complexity index is 514. The summed E-state index contributed by atoms with van der Waals surface area (Å²) in [6.07, 6.45) is 5.88. The van der Waals surface area contributed by atoms with Crippen molar-refractivity contribution in [3.63, 3.8) is 0 Å². The molecule has 134 valence electrons. The van der Waals surface area contributed by atoms with Gasteiger partial charge in [-0.05, 0) is 49.0 Å². The van der Waals surface area contributed by atoms with Gasteiger partial charge < -0.3 is 10.1 Å². The predicted molar refractivity (Wildman–Crippen MR) is 96.8 cm³/mol. The maximum Gasteiger partial charge on any atom is 0.223 e. The monoisotopic (exact) mass is 332 g/mol. The fourth-order valence-corrected chi connectivity index (χ4v) is 3.72. The molecular weight excluding hydrogens is 300 g/mol. The Morgan fingerprint density at radius 2 is 2.21 bits per heavy atom. The number of rotatable bonds is 7. The summed E-state index contributed by atoms with van der Waals surface area (Å²) in [5.41, 5.74) is 0.273. The van der Waals surface area contributed by atoms with E-state index in [1.165, 1.54) is 6.42 Å². The molecule has 2 atom stereocenters. The summed E-state index contributed by atoms with van der Waals surface area (Å²) in [4.78, 5) is 16.8. The van der Waals surface area contributed by atoms with Gasteiger partial charge in [-0.15, -0.1) is 0 Å². The van der Waals surface area contributed by atoms with Crippen LogP contribution in [-0.4, -0.2) is 24.0 Å². The Labute approximate surface area is 146 Å². The van der Waals surface area contributed by atoms with Crippen LogP contribution in [0.2, 0.25) is 0 Å². The molecule has 1 amide bonds. The van der Waals surface area contributed by atoms with Gasteiger partial charge in [0.1, 0.15) is 0 Å². The van der Waals surface area contributed by atoms with Crippen LogP contribution in [0.4, 0.5) is 0 Å². The Hall–Kier alpha value is -1.58. The van der Waals surface area contributed by atoms with E-state index in [9.17, 15) is 4.79 Å². The Morgan fingerprint density at radius 3 is 2.88 bits per heavy atom. The number of amides is 1. The van der Waals surface area contributed by atoms with Crippen LogP contribution in [0.5, 0.6) is 5.88 Å². The van der Waals surface area contributed by atoms with Crippen molar-refractivity contribution >= 4 is 5.91 Å². The average molecular weight is 332 g/mol. The highest BCUT2D eigenvalue weighted by Gasteiger charge is 2.39. The largest absolute Gasteiger partial charge is 0.478 e. The lowest BCUT2D eigenvalue weighted by atomic mass is 9.64. The van der Waals surface area contributed by atoms with Crippen LogP contribution >= 0.6 is 0 Å². The third kappa shape index (κ3) is 5.50. The van der Waals surface area contributed by atoms with Crippen LogP contribution < -0.4 is 10.1 Å². The summed E-state index contributed by atoms with van der Waals surface area (Å²) in [6, 6.07) is 5.61. The zero-order valence-electron chi connectivity index (χ0n) is 15.5. The number of carbonyl (C=O) groups is 1. The fraction of sp³-hybridized carbons (Fsp3) is 0.700. The summed E-state index contributed by atoms with van der Waals surface area (Å²) in [5, 5.41) is 3.12. The zero-order chi connectivity index (χ0) is 17.6. The van der Waals surface area contributed by atoms with Crippen LogP contribution in [0.1, 0.15) is 53.4 Å². The summed E-state index contributed by atoms with van der Waals surface area (Å²) in [6.45, 7) is 10.3. The molecule has 2 unspecified atom stereocenters. The van der Waals surface area contributed by atoms with Gasteiger partial charge in [0.05, 0.1) is 6.61 Å². The minimum absolute atomic E-state index is 0.144. The summed E-state index contributed by atoms with van der Waals surface area (Å²) in [5.74, 6) is 2.06. The average Bonchev–Trinajstić information content (AvgIpc) is 2.54. The molecule has 0 radical (unpaired) electrons. The second-order valence-corrected chi connectivity index (χ2v) is 8.08. The van der Waals surface area contributed by atoms with Gasteiger partial charge in [-0.2, -0.15) is 0 Å². The standard InChI is InChI=1S/C20H32N2O2/c1-15(2)16-9-10-20(3,4)14-17(16)19(23)22-12-7-13-24-18-8-5-6-11-21-18/h5-6,8,11,15-17H,7,9-10,12-14H2,1-4H3,(H,22,23). The summed E-state index contributed by atoms with van der Waals surface area (Å²) >= 11 is 0. The SMILES string of the molecule is CC(C)C1CCC(C)(C)CC1C(=O)NCCCOc1ccccn1. The quantitative estimate of drug-likeness (QED) is 0.766. The third-order valence-electron chi connectivity index (χ3n) is 5.14. The van der Waals surface area contributed by atoms with E-state index in [0.717, 1.165) is 19.3 Å². The smallest absolute Gasteiger partial charge is 0.223 e. The highest BCUT2D eigenvalue weighted by Crippen LogP contribution is 2.44. The molecule has 1 fully saturated rings. The lowest BCUT2D eigenvalue weighted by molar-refractivity contribution is -0.130. The van der Waals surface area contributed by atoms with E-state index in [1.54, 1.807) is 6.20 Å². The van der Waals surface area contributed by atoms with Crippen LogP contribution in [0.15, 0.2) is 24.4 Å². The van der Waals surface area contributed by atoms with Gasteiger partial charge in [0.25, 0.3) is 0 Å². The molecule has 1 aromatic heterocycles. The normalized spacial score (nSPS) is 23.0. The molecule has 1 aliphatic rings. The van der Waals surface area contributed by atoms with Gasteiger partial charge in [-0.3, -0.25) is 4.79 Å². The lowest BCUT2D eigenvalue weighted by Gasteiger charge is -2.41. The van der Waals surface area contributed by atoms with Crippen molar-refractivity contribution in [2.75, 3.05) is 13.2 Å². The Kier molecular flexibility index (Phi) is 6.64. The molecule has 1 N–H and O–H groups in total. The number of nitrogens with one attached hydrogen (secondary N) is 1. The predicted octanol–water partition coefficient (Wildman–Crippen LogP) is 4.07. The highest BCUT2D eigenvalue weighted by atomic mass is 16.5. The van der Waals surface area contributed by atoms with Crippen molar-refractivity contribution in [3.8, 4) is 5.88 Å². The maximum absolute atomic E-state index is 12.7. The number of pyridine rings is 1. The van der Waals surface area contributed by atoms with E-state index in [2.05, 4.69) is 38.0 Å².